The highest BCUT2D eigenvalue weighted by molar-refractivity contribution is 5.87. The number of ketones is 1. The van der Waals surface area contributed by atoms with Crippen LogP contribution >= 0.6 is 0 Å². The lowest BCUT2D eigenvalue weighted by Gasteiger charge is -2.56. The molecule has 1 aromatic rings. The van der Waals surface area contributed by atoms with Gasteiger partial charge >= 0.3 is 0 Å². The zero-order valence-corrected chi connectivity index (χ0v) is 12.3. The van der Waals surface area contributed by atoms with Crippen molar-refractivity contribution in [1.82, 2.24) is 4.98 Å². The molecular formula is C18H23NO. The molecule has 2 nitrogen and oxygen atoms in total. The van der Waals surface area contributed by atoms with Gasteiger partial charge in [-0.3, -0.25) is 9.78 Å². The lowest BCUT2D eigenvalue weighted by Crippen LogP contribution is -2.50. The number of pyridine rings is 1. The molecule has 0 unspecified atom stereocenters. The monoisotopic (exact) mass is 269 g/mol. The van der Waals surface area contributed by atoms with Gasteiger partial charge < -0.3 is 0 Å². The second kappa shape index (κ2) is 4.41. The van der Waals surface area contributed by atoms with Crippen molar-refractivity contribution >= 4 is 5.78 Å². The van der Waals surface area contributed by atoms with Gasteiger partial charge in [0.1, 0.15) is 5.78 Å². The van der Waals surface area contributed by atoms with Gasteiger partial charge in [-0.15, -0.1) is 0 Å². The first-order chi connectivity index (χ1) is 9.64. The zero-order valence-electron chi connectivity index (χ0n) is 12.3. The van der Waals surface area contributed by atoms with Crippen LogP contribution in [0.1, 0.15) is 49.8 Å². The fourth-order valence-corrected chi connectivity index (χ4v) is 5.50. The molecule has 4 fully saturated rings. The third-order valence-electron chi connectivity index (χ3n) is 6.08. The van der Waals surface area contributed by atoms with Gasteiger partial charge in [-0.25, -0.2) is 0 Å². The Kier molecular flexibility index (Phi) is 2.77. The van der Waals surface area contributed by atoms with Crippen LogP contribution in [0.25, 0.3) is 0 Å². The fraction of sp³-hybridized carbons (Fsp3) is 0.667. The van der Waals surface area contributed by atoms with E-state index in [2.05, 4.69) is 18.0 Å². The van der Waals surface area contributed by atoms with Crippen LogP contribution in [0.2, 0.25) is 0 Å². The maximum Gasteiger partial charge on any atom is 0.145 e. The van der Waals surface area contributed by atoms with E-state index < -0.39 is 0 Å². The quantitative estimate of drug-likeness (QED) is 0.837. The summed E-state index contributed by atoms with van der Waals surface area (Å²) < 4.78 is 0. The van der Waals surface area contributed by atoms with E-state index in [0.29, 0.717) is 12.2 Å². The Bertz CT molecular complexity index is 513. The van der Waals surface area contributed by atoms with Gasteiger partial charge in [0, 0.05) is 18.0 Å². The predicted octanol–water partition coefficient (Wildman–Crippen LogP) is 3.72. The van der Waals surface area contributed by atoms with E-state index in [1.165, 1.54) is 38.5 Å². The lowest BCUT2D eigenvalue weighted by molar-refractivity contribution is -0.143. The second-order valence-electron chi connectivity index (χ2n) is 7.56. The largest absolute Gasteiger partial charge is 0.299 e. The SMILES string of the molecule is Cc1cccnc1CC(=O)C12CC3CC(CC(C3)C1)C2. The van der Waals surface area contributed by atoms with Crippen LogP contribution in [0, 0.1) is 30.1 Å². The van der Waals surface area contributed by atoms with E-state index in [9.17, 15) is 4.79 Å². The van der Waals surface area contributed by atoms with E-state index in [1.807, 2.05) is 12.3 Å². The molecule has 0 atom stereocenters. The normalized spacial score (nSPS) is 38.1. The maximum atomic E-state index is 13.0. The Morgan fingerprint density at radius 1 is 1.20 bits per heavy atom. The number of hydrogen-bond acceptors (Lipinski definition) is 2. The molecule has 20 heavy (non-hydrogen) atoms. The van der Waals surface area contributed by atoms with Gasteiger partial charge in [-0.1, -0.05) is 6.07 Å². The summed E-state index contributed by atoms with van der Waals surface area (Å²) in [6.45, 7) is 2.06. The third-order valence-corrected chi connectivity index (χ3v) is 6.08. The molecule has 4 bridgehead atoms. The predicted molar refractivity (Wildman–Crippen MR) is 78.3 cm³/mol. The molecule has 4 aliphatic carbocycles. The Morgan fingerprint density at radius 3 is 2.35 bits per heavy atom. The first kappa shape index (κ1) is 12.6. The van der Waals surface area contributed by atoms with E-state index in [-0.39, 0.29) is 5.41 Å². The van der Waals surface area contributed by atoms with Gasteiger partial charge in [0.2, 0.25) is 0 Å². The summed E-state index contributed by atoms with van der Waals surface area (Å²) in [5.74, 6) is 3.01. The molecule has 4 aliphatic rings. The minimum absolute atomic E-state index is 0.0265. The van der Waals surface area contributed by atoms with Gasteiger partial charge in [0.05, 0.1) is 5.69 Å². The number of aromatic nitrogens is 1. The number of carbonyl (C=O) groups is 1. The number of carbonyl (C=O) groups excluding carboxylic acids is 1. The zero-order chi connectivity index (χ0) is 13.7. The van der Waals surface area contributed by atoms with Crippen LogP contribution in [0.3, 0.4) is 0 Å². The Hall–Kier alpha value is -1.18. The molecule has 5 rings (SSSR count). The van der Waals surface area contributed by atoms with Crippen molar-refractivity contribution in [2.45, 2.75) is 51.9 Å². The number of hydrogen-bond donors (Lipinski definition) is 0. The first-order valence-corrected chi connectivity index (χ1v) is 8.08. The van der Waals surface area contributed by atoms with Crippen molar-refractivity contribution in [3.8, 4) is 0 Å². The summed E-state index contributed by atoms with van der Waals surface area (Å²) in [7, 11) is 0. The van der Waals surface area contributed by atoms with Crippen LogP contribution in [0.4, 0.5) is 0 Å². The minimum Gasteiger partial charge on any atom is -0.299 e. The summed E-state index contributed by atoms with van der Waals surface area (Å²) >= 11 is 0. The number of Topliss-reactive ketones (excluding diaryl/α,β-unsaturated/α-hetero) is 1. The molecule has 0 spiro atoms. The van der Waals surface area contributed by atoms with Crippen LogP contribution in [-0.2, 0) is 11.2 Å². The third kappa shape index (κ3) is 1.92. The summed E-state index contributed by atoms with van der Waals surface area (Å²) in [5.41, 5.74) is 2.18. The van der Waals surface area contributed by atoms with Gasteiger partial charge in [0.15, 0.2) is 0 Å². The molecule has 0 amide bonds. The molecule has 2 heteroatoms. The van der Waals surface area contributed by atoms with E-state index >= 15 is 0 Å². The van der Waals surface area contributed by atoms with Gasteiger partial charge in [0.25, 0.3) is 0 Å². The smallest absolute Gasteiger partial charge is 0.145 e. The summed E-state index contributed by atoms with van der Waals surface area (Å²) in [6, 6.07) is 4.02. The van der Waals surface area contributed by atoms with Crippen LogP contribution in [0.5, 0.6) is 0 Å². The topological polar surface area (TPSA) is 30.0 Å². The molecule has 106 valence electrons. The van der Waals surface area contributed by atoms with Crippen molar-refractivity contribution in [3.63, 3.8) is 0 Å². The Balaban J connectivity index is 1.58. The maximum absolute atomic E-state index is 13.0. The number of aryl methyl sites for hydroxylation is 1. The van der Waals surface area contributed by atoms with Crippen LogP contribution < -0.4 is 0 Å². The van der Waals surface area contributed by atoms with Crippen molar-refractivity contribution in [3.05, 3.63) is 29.6 Å². The molecule has 1 heterocycles. The first-order valence-electron chi connectivity index (χ1n) is 8.08. The molecule has 4 saturated carbocycles. The number of nitrogens with zero attached hydrogens (tertiary/aromatic N) is 1. The Labute approximate surface area is 121 Å². The average molecular weight is 269 g/mol. The lowest BCUT2D eigenvalue weighted by atomic mass is 9.48. The molecule has 0 aromatic carbocycles. The highest BCUT2D eigenvalue weighted by Gasteiger charge is 2.54. The minimum atomic E-state index is 0.0265. The average Bonchev–Trinajstić information content (AvgIpc) is 2.40. The molecular weight excluding hydrogens is 246 g/mol. The Morgan fingerprint density at radius 2 is 1.80 bits per heavy atom. The van der Waals surface area contributed by atoms with Gasteiger partial charge in [-0.2, -0.15) is 0 Å². The standard InChI is InChI=1S/C18H23NO/c1-12-3-2-4-19-16(12)8-17(20)18-9-13-5-14(10-18)7-15(6-13)11-18/h2-4,13-15H,5-11H2,1H3. The van der Waals surface area contributed by atoms with Crippen molar-refractivity contribution in [2.24, 2.45) is 23.2 Å². The van der Waals surface area contributed by atoms with Crippen molar-refractivity contribution in [1.29, 1.82) is 0 Å². The van der Waals surface area contributed by atoms with Crippen LogP contribution in [0.15, 0.2) is 18.3 Å². The number of rotatable bonds is 3. The molecule has 0 N–H and O–H groups in total. The molecule has 0 radical (unpaired) electrons. The van der Waals surface area contributed by atoms with Gasteiger partial charge in [-0.05, 0) is 74.8 Å². The summed E-state index contributed by atoms with van der Waals surface area (Å²) in [4.78, 5) is 17.4. The van der Waals surface area contributed by atoms with E-state index in [1.54, 1.807) is 0 Å². The highest BCUT2D eigenvalue weighted by atomic mass is 16.1. The highest BCUT2D eigenvalue weighted by Crippen LogP contribution is 2.60. The fourth-order valence-electron chi connectivity index (χ4n) is 5.50. The molecule has 0 aliphatic heterocycles. The van der Waals surface area contributed by atoms with E-state index in [0.717, 1.165) is 29.0 Å². The summed E-state index contributed by atoms with van der Waals surface area (Å²) in [6.07, 6.45) is 10.1. The molecule has 1 aromatic heterocycles. The van der Waals surface area contributed by atoms with Crippen molar-refractivity contribution < 1.29 is 4.79 Å². The van der Waals surface area contributed by atoms with E-state index in [4.69, 9.17) is 0 Å². The molecule has 0 saturated heterocycles. The second-order valence-corrected chi connectivity index (χ2v) is 7.56. The van der Waals surface area contributed by atoms with Crippen LogP contribution in [-0.4, -0.2) is 10.8 Å². The van der Waals surface area contributed by atoms with Crippen molar-refractivity contribution in [2.75, 3.05) is 0 Å². The summed E-state index contributed by atoms with van der Waals surface area (Å²) in [5, 5.41) is 0.